The van der Waals surface area contributed by atoms with Crippen LogP contribution in [-0.4, -0.2) is 0 Å². The zero-order valence-electron chi connectivity index (χ0n) is 11.7. The molecule has 0 radical (unpaired) electrons. The molecule has 100 valence electrons. The van der Waals surface area contributed by atoms with Crippen molar-refractivity contribution >= 4 is 0 Å². The largest absolute Gasteiger partial charge is 0.469 e. The number of rotatable bonds is 3. The van der Waals surface area contributed by atoms with E-state index < -0.39 is 0 Å². The molecule has 1 aliphatic rings. The van der Waals surface area contributed by atoms with Gasteiger partial charge in [0.15, 0.2) is 0 Å². The van der Waals surface area contributed by atoms with Crippen LogP contribution in [0.2, 0.25) is 0 Å². The fourth-order valence-corrected chi connectivity index (χ4v) is 2.92. The van der Waals surface area contributed by atoms with Gasteiger partial charge in [-0.3, -0.25) is 0 Å². The third-order valence-electron chi connectivity index (χ3n) is 4.10. The molecule has 0 bridgehead atoms. The van der Waals surface area contributed by atoms with Crippen LogP contribution in [0.15, 0.2) is 34.9 Å². The lowest BCUT2D eigenvalue weighted by molar-refractivity contribution is 0.410. The number of benzene rings is 1. The quantitative estimate of drug-likeness (QED) is 0.894. The third kappa shape index (κ3) is 2.59. The lowest BCUT2D eigenvalue weighted by Gasteiger charge is -2.23. The molecule has 0 spiro atoms. The molecule has 1 aliphatic carbocycles. The molecule has 2 nitrogen and oxygen atoms in total. The summed E-state index contributed by atoms with van der Waals surface area (Å²) >= 11 is 0. The van der Waals surface area contributed by atoms with Gasteiger partial charge >= 0.3 is 0 Å². The zero-order valence-corrected chi connectivity index (χ0v) is 11.7. The summed E-state index contributed by atoms with van der Waals surface area (Å²) in [5.41, 5.74) is 5.45. The molecule has 1 atom stereocenters. The van der Waals surface area contributed by atoms with Crippen LogP contribution in [0, 0.1) is 13.8 Å². The molecule has 1 heterocycles. The summed E-state index contributed by atoms with van der Waals surface area (Å²) in [5.74, 6) is 1.17. The van der Waals surface area contributed by atoms with E-state index in [9.17, 15) is 0 Å². The smallest absolute Gasteiger partial charge is 0.108 e. The number of hydrogen-bond acceptors (Lipinski definition) is 2. The van der Waals surface area contributed by atoms with E-state index >= 15 is 0 Å². The van der Waals surface area contributed by atoms with Crippen molar-refractivity contribution in [1.29, 1.82) is 0 Å². The van der Waals surface area contributed by atoms with Gasteiger partial charge in [0.25, 0.3) is 0 Å². The molecule has 0 fully saturated rings. The summed E-state index contributed by atoms with van der Waals surface area (Å²) in [7, 11) is 0. The van der Waals surface area contributed by atoms with E-state index in [-0.39, 0.29) is 0 Å². The van der Waals surface area contributed by atoms with E-state index in [2.05, 4.69) is 43.4 Å². The van der Waals surface area contributed by atoms with Crippen molar-refractivity contribution in [3.63, 3.8) is 0 Å². The van der Waals surface area contributed by atoms with Gasteiger partial charge in [0, 0.05) is 24.6 Å². The Bertz CT molecular complexity index is 570. The molecule has 2 heteroatoms. The first-order valence-electron chi connectivity index (χ1n) is 7.10. The van der Waals surface area contributed by atoms with E-state index in [1.807, 2.05) is 6.26 Å². The predicted octanol–water partition coefficient (Wildman–Crippen LogP) is 4.06. The molecule has 0 amide bonds. The molecular weight excluding hydrogens is 234 g/mol. The van der Waals surface area contributed by atoms with Gasteiger partial charge < -0.3 is 9.73 Å². The molecule has 0 aliphatic heterocycles. The lowest BCUT2D eigenvalue weighted by Crippen LogP contribution is -2.24. The van der Waals surface area contributed by atoms with Crippen LogP contribution >= 0.6 is 0 Å². The fraction of sp³-hybridized carbons (Fsp3) is 0.412. The highest BCUT2D eigenvalue weighted by Crippen LogP contribution is 2.30. The van der Waals surface area contributed by atoms with Crippen molar-refractivity contribution in [3.05, 3.63) is 58.5 Å². The standard InChI is InChI=1S/C17H21NO/c1-12-6-7-13(2)14(10-12)11-18-16-4-3-5-17-15(16)8-9-19-17/h6-10,16,18H,3-5,11H2,1-2H3. The number of hydrogen-bond donors (Lipinski definition) is 1. The van der Waals surface area contributed by atoms with E-state index in [0.29, 0.717) is 6.04 Å². The van der Waals surface area contributed by atoms with E-state index in [1.165, 1.54) is 40.9 Å². The van der Waals surface area contributed by atoms with Crippen LogP contribution in [-0.2, 0) is 13.0 Å². The number of aryl methyl sites for hydroxylation is 3. The molecule has 19 heavy (non-hydrogen) atoms. The second kappa shape index (κ2) is 5.22. The minimum Gasteiger partial charge on any atom is -0.469 e. The van der Waals surface area contributed by atoms with Crippen molar-refractivity contribution in [2.75, 3.05) is 0 Å². The highest BCUT2D eigenvalue weighted by molar-refractivity contribution is 5.31. The molecule has 1 unspecified atom stereocenters. The van der Waals surface area contributed by atoms with Crippen molar-refractivity contribution in [2.45, 2.75) is 45.7 Å². The van der Waals surface area contributed by atoms with Crippen LogP contribution in [0.3, 0.4) is 0 Å². The van der Waals surface area contributed by atoms with Gasteiger partial charge in [-0.1, -0.05) is 23.8 Å². The first-order valence-corrected chi connectivity index (χ1v) is 7.10. The Kier molecular flexibility index (Phi) is 3.43. The SMILES string of the molecule is Cc1ccc(C)c(CNC2CCCc3occc32)c1. The predicted molar refractivity (Wildman–Crippen MR) is 77.1 cm³/mol. The van der Waals surface area contributed by atoms with Gasteiger partial charge in [-0.2, -0.15) is 0 Å². The van der Waals surface area contributed by atoms with Crippen molar-refractivity contribution < 1.29 is 4.42 Å². The maximum absolute atomic E-state index is 5.54. The van der Waals surface area contributed by atoms with Crippen LogP contribution in [0.1, 0.15) is 46.9 Å². The lowest BCUT2D eigenvalue weighted by atomic mass is 9.93. The molecule has 1 N–H and O–H groups in total. The van der Waals surface area contributed by atoms with Crippen molar-refractivity contribution in [3.8, 4) is 0 Å². The maximum atomic E-state index is 5.54. The minimum atomic E-state index is 0.447. The minimum absolute atomic E-state index is 0.447. The van der Waals surface area contributed by atoms with Gasteiger partial charge in [0.05, 0.1) is 6.26 Å². The first kappa shape index (κ1) is 12.5. The van der Waals surface area contributed by atoms with Crippen molar-refractivity contribution in [2.24, 2.45) is 0 Å². The molecule has 3 rings (SSSR count). The number of fused-ring (bicyclic) bond motifs is 1. The molecule has 1 aromatic heterocycles. The second-order valence-electron chi connectivity index (χ2n) is 5.55. The second-order valence-corrected chi connectivity index (χ2v) is 5.55. The first-order chi connectivity index (χ1) is 9.24. The molecular formula is C17H21NO. The monoisotopic (exact) mass is 255 g/mol. The maximum Gasteiger partial charge on any atom is 0.108 e. The Morgan fingerprint density at radius 2 is 2.16 bits per heavy atom. The fourth-order valence-electron chi connectivity index (χ4n) is 2.92. The summed E-state index contributed by atoms with van der Waals surface area (Å²) in [4.78, 5) is 0. The summed E-state index contributed by atoms with van der Waals surface area (Å²) in [6, 6.07) is 9.23. The number of nitrogens with one attached hydrogen (secondary N) is 1. The summed E-state index contributed by atoms with van der Waals surface area (Å²) < 4.78 is 5.54. The van der Waals surface area contributed by atoms with Crippen LogP contribution in [0.25, 0.3) is 0 Å². The van der Waals surface area contributed by atoms with Crippen LogP contribution in [0.4, 0.5) is 0 Å². The number of furan rings is 1. The van der Waals surface area contributed by atoms with Crippen LogP contribution < -0.4 is 5.32 Å². The molecule has 0 saturated carbocycles. The topological polar surface area (TPSA) is 25.2 Å². The molecule has 1 aromatic carbocycles. The Labute approximate surface area is 114 Å². The normalized spacial score (nSPS) is 18.3. The Hall–Kier alpha value is -1.54. The van der Waals surface area contributed by atoms with Gasteiger partial charge in [0.2, 0.25) is 0 Å². The summed E-state index contributed by atoms with van der Waals surface area (Å²) in [6.45, 7) is 5.27. The van der Waals surface area contributed by atoms with E-state index in [0.717, 1.165) is 13.0 Å². The van der Waals surface area contributed by atoms with Crippen LogP contribution in [0.5, 0.6) is 0 Å². The van der Waals surface area contributed by atoms with Gasteiger partial charge in [0.1, 0.15) is 5.76 Å². The van der Waals surface area contributed by atoms with Gasteiger partial charge in [-0.15, -0.1) is 0 Å². The summed E-state index contributed by atoms with van der Waals surface area (Å²) in [6.07, 6.45) is 5.33. The average molecular weight is 255 g/mol. The highest BCUT2D eigenvalue weighted by Gasteiger charge is 2.21. The highest BCUT2D eigenvalue weighted by atomic mass is 16.3. The third-order valence-corrected chi connectivity index (χ3v) is 4.10. The van der Waals surface area contributed by atoms with Crippen molar-refractivity contribution in [1.82, 2.24) is 5.32 Å². The Balaban J connectivity index is 1.72. The Morgan fingerprint density at radius 1 is 1.26 bits per heavy atom. The Morgan fingerprint density at radius 3 is 3.05 bits per heavy atom. The summed E-state index contributed by atoms with van der Waals surface area (Å²) in [5, 5.41) is 3.69. The van der Waals surface area contributed by atoms with Gasteiger partial charge in [-0.05, 0) is 43.9 Å². The zero-order chi connectivity index (χ0) is 13.2. The van der Waals surface area contributed by atoms with E-state index in [4.69, 9.17) is 4.42 Å². The van der Waals surface area contributed by atoms with E-state index in [1.54, 1.807) is 0 Å². The molecule has 0 saturated heterocycles. The van der Waals surface area contributed by atoms with Gasteiger partial charge in [-0.25, -0.2) is 0 Å². The molecule has 2 aromatic rings. The average Bonchev–Trinajstić information content (AvgIpc) is 2.88.